The minimum absolute atomic E-state index is 0.0109. The van der Waals surface area contributed by atoms with Crippen molar-refractivity contribution in [1.82, 2.24) is 10.2 Å². The maximum atomic E-state index is 12.1. The van der Waals surface area contributed by atoms with Crippen molar-refractivity contribution in [3.8, 4) is 0 Å². The molecule has 0 unspecified atom stereocenters. The number of aromatic nitrogens is 2. The molecule has 22 heavy (non-hydrogen) atoms. The van der Waals surface area contributed by atoms with Crippen molar-refractivity contribution in [2.45, 2.75) is 17.7 Å². The Morgan fingerprint density at radius 1 is 1.50 bits per heavy atom. The zero-order valence-electron chi connectivity index (χ0n) is 11.4. The predicted molar refractivity (Wildman–Crippen MR) is 87.0 cm³/mol. The molecule has 1 amide bonds. The van der Waals surface area contributed by atoms with Gasteiger partial charge in [-0.05, 0) is 12.5 Å². The van der Waals surface area contributed by atoms with Gasteiger partial charge in [0.15, 0.2) is 4.34 Å². The van der Waals surface area contributed by atoms with E-state index in [0.717, 1.165) is 22.6 Å². The van der Waals surface area contributed by atoms with Gasteiger partial charge in [-0.1, -0.05) is 41.6 Å². The van der Waals surface area contributed by atoms with Crippen LogP contribution in [0.5, 0.6) is 0 Å². The number of anilines is 1. The highest BCUT2D eigenvalue weighted by molar-refractivity contribution is 8.01. The van der Waals surface area contributed by atoms with Crippen LogP contribution in [0.3, 0.4) is 0 Å². The fourth-order valence-electron chi connectivity index (χ4n) is 1.47. The van der Waals surface area contributed by atoms with Crippen molar-refractivity contribution in [3.63, 3.8) is 0 Å². The molecule has 0 atom stereocenters. The molecule has 0 fully saturated rings. The van der Waals surface area contributed by atoms with Crippen LogP contribution in [0, 0.1) is 10.1 Å². The van der Waals surface area contributed by atoms with Gasteiger partial charge in [0.25, 0.3) is 11.6 Å². The quantitative estimate of drug-likeness (QED) is 0.364. The van der Waals surface area contributed by atoms with Gasteiger partial charge in [0, 0.05) is 17.9 Å². The standard InChI is InChI=1S/C12H11ClN4O3S2/c1-2-5-21-12-16-15-11(22-12)14-10(18)8-4-3-7(17(19)20)6-9(8)13/h3-4,6H,2,5H2,1H3,(H,14,15,18). The fraction of sp³-hybridized carbons (Fsp3) is 0.250. The molecule has 0 saturated carbocycles. The van der Waals surface area contributed by atoms with Gasteiger partial charge in [0.1, 0.15) is 0 Å². The van der Waals surface area contributed by atoms with Gasteiger partial charge >= 0.3 is 0 Å². The molecule has 0 spiro atoms. The van der Waals surface area contributed by atoms with Crippen molar-refractivity contribution in [3.05, 3.63) is 38.9 Å². The van der Waals surface area contributed by atoms with Crippen LogP contribution in [0.1, 0.15) is 23.7 Å². The lowest BCUT2D eigenvalue weighted by atomic mass is 10.2. The van der Waals surface area contributed by atoms with E-state index in [4.69, 9.17) is 11.6 Å². The second-order valence-corrected chi connectivity index (χ2v) is 6.82. The molecule has 1 aromatic heterocycles. The van der Waals surface area contributed by atoms with Crippen molar-refractivity contribution < 1.29 is 9.72 Å². The molecule has 1 N–H and O–H groups in total. The second-order valence-electron chi connectivity index (χ2n) is 4.10. The van der Waals surface area contributed by atoms with Crippen LogP contribution in [0.4, 0.5) is 10.8 Å². The van der Waals surface area contributed by atoms with Crippen molar-refractivity contribution in [1.29, 1.82) is 0 Å². The molecule has 0 aliphatic rings. The minimum atomic E-state index is -0.574. The molecule has 0 radical (unpaired) electrons. The van der Waals surface area contributed by atoms with Crippen LogP contribution in [-0.4, -0.2) is 26.8 Å². The molecular formula is C12H11ClN4O3S2. The number of rotatable bonds is 6. The van der Waals surface area contributed by atoms with Crippen LogP contribution in [-0.2, 0) is 0 Å². The topological polar surface area (TPSA) is 98.0 Å². The van der Waals surface area contributed by atoms with Crippen LogP contribution in [0.15, 0.2) is 22.5 Å². The van der Waals surface area contributed by atoms with Crippen LogP contribution in [0.25, 0.3) is 0 Å². The average molecular weight is 359 g/mol. The first kappa shape index (κ1) is 16.7. The maximum absolute atomic E-state index is 12.1. The Bertz CT molecular complexity index is 707. The lowest BCUT2D eigenvalue weighted by Crippen LogP contribution is -2.12. The van der Waals surface area contributed by atoms with Crippen molar-refractivity contribution >= 4 is 51.4 Å². The van der Waals surface area contributed by atoms with E-state index in [0.29, 0.717) is 5.13 Å². The van der Waals surface area contributed by atoms with Gasteiger partial charge in [-0.2, -0.15) is 0 Å². The third-order valence-corrected chi connectivity index (χ3v) is 4.96. The van der Waals surface area contributed by atoms with Gasteiger partial charge in [-0.15, -0.1) is 10.2 Å². The molecule has 116 valence electrons. The fourth-order valence-corrected chi connectivity index (χ4v) is 3.41. The number of carbonyl (C=O) groups excluding carboxylic acids is 1. The van der Waals surface area contributed by atoms with Gasteiger partial charge in [-0.25, -0.2) is 0 Å². The van der Waals surface area contributed by atoms with Gasteiger partial charge < -0.3 is 0 Å². The number of hydrogen-bond acceptors (Lipinski definition) is 7. The van der Waals surface area contributed by atoms with Crippen molar-refractivity contribution in [2.75, 3.05) is 11.1 Å². The zero-order chi connectivity index (χ0) is 16.1. The summed E-state index contributed by atoms with van der Waals surface area (Å²) in [7, 11) is 0. The van der Waals surface area contributed by atoms with E-state index in [1.807, 2.05) is 0 Å². The summed E-state index contributed by atoms with van der Waals surface area (Å²) in [6.45, 7) is 2.06. The first-order valence-corrected chi connectivity index (χ1v) is 8.41. The molecule has 10 heteroatoms. The molecule has 0 aliphatic heterocycles. The number of non-ortho nitro benzene ring substituents is 1. The van der Waals surface area contributed by atoms with E-state index >= 15 is 0 Å². The Balaban J connectivity index is 2.09. The number of nitro groups is 1. The molecule has 2 aromatic rings. The average Bonchev–Trinajstić information content (AvgIpc) is 2.92. The molecule has 1 heterocycles. The SMILES string of the molecule is CCCSc1nnc(NC(=O)c2ccc([N+](=O)[O-])cc2Cl)s1. The Kier molecular flexibility index (Phi) is 5.69. The summed E-state index contributed by atoms with van der Waals surface area (Å²) < 4.78 is 0.770. The summed E-state index contributed by atoms with van der Waals surface area (Å²) in [5.41, 5.74) is -0.0269. The molecular weight excluding hydrogens is 348 g/mol. The summed E-state index contributed by atoms with van der Waals surface area (Å²) in [6.07, 6.45) is 1.02. The molecule has 1 aromatic carbocycles. The Morgan fingerprint density at radius 2 is 2.27 bits per heavy atom. The zero-order valence-corrected chi connectivity index (χ0v) is 13.8. The number of amides is 1. The smallest absolute Gasteiger partial charge is 0.270 e. The predicted octanol–water partition coefficient (Wildman–Crippen LogP) is 3.85. The molecule has 2 rings (SSSR count). The number of halogens is 1. The molecule has 0 saturated heterocycles. The highest BCUT2D eigenvalue weighted by Gasteiger charge is 2.16. The number of nitrogens with one attached hydrogen (secondary N) is 1. The van der Waals surface area contributed by atoms with Gasteiger partial charge in [-0.3, -0.25) is 20.2 Å². The van der Waals surface area contributed by atoms with E-state index in [1.165, 1.54) is 23.5 Å². The van der Waals surface area contributed by atoms with Crippen molar-refractivity contribution in [2.24, 2.45) is 0 Å². The van der Waals surface area contributed by atoms with E-state index in [9.17, 15) is 14.9 Å². The minimum Gasteiger partial charge on any atom is -0.296 e. The van der Waals surface area contributed by atoms with Crippen LogP contribution < -0.4 is 5.32 Å². The monoisotopic (exact) mass is 358 g/mol. The lowest BCUT2D eigenvalue weighted by molar-refractivity contribution is -0.384. The van der Waals surface area contributed by atoms with E-state index < -0.39 is 10.8 Å². The van der Waals surface area contributed by atoms with Crippen LogP contribution in [0.2, 0.25) is 5.02 Å². The van der Waals surface area contributed by atoms with E-state index in [2.05, 4.69) is 22.4 Å². The Hall–Kier alpha value is -1.71. The van der Waals surface area contributed by atoms with Crippen LogP contribution >= 0.6 is 34.7 Å². The maximum Gasteiger partial charge on any atom is 0.270 e. The summed E-state index contributed by atoms with van der Waals surface area (Å²) in [5.74, 6) is 0.444. The van der Waals surface area contributed by atoms with E-state index in [-0.39, 0.29) is 16.3 Å². The summed E-state index contributed by atoms with van der Waals surface area (Å²) >= 11 is 8.74. The van der Waals surface area contributed by atoms with E-state index in [1.54, 1.807) is 11.8 Å². The summed E-state index contributed by atoms with van der Waals surface area (Å²) in [5, 5.41) is 21.4. The number of hydrogen-bond donors (Lipinski definition) is 1. The number of thioether (sulfide) groups is 1. The third kappa shape index (κ3) is 4.15. The van der Waals surface area contributed by atoms with Gasteiger partial charge in [0.05, 0.1) is 15.5 Å². The van der Waals surface area contributed by atoms with Gasteiger partial charge in [0.2, 0.25) is 5.13 Å². The normalized spacial score (nSPS) is 10.5. The largest absolute Gasteiger partial charge is 0.296 e. The highest BCUT2D eigenvalue weighted by Crippen LogP contribution is 2.27. The lowest BCUT2D eigenvalue weighted by Gasteiger charge is -2.03. The second kappa shape index (κ2) is 7.52. The summed E-state index contributed by atoms with van der Waals surface area (Å²) in [4.78, 5) is 22.2. The Morgan fingerprint density at radius 3 is 2.91 bits per heavy atom. The third-order valence-electron chi connectivity index (χ3n) is 2.46. The molecule has 0 bridgehead atoms. The number of benzene rings is 1. The molecule has 0 aliphatic carbocycles. The Labute approximate surface area is 139 Å². The number of nitrogens with zero attached hydrogens (tertiary/aromatic N) is 3. The summed E-state index contributed by atoms with van der Waals surface area (Å²) in [6, 6.07) is 3.67. The first-order valence-electron chi connectivity index (χ1n) is 6.23. The number of carbonyl (C=O) groups is 1. The molecule has 7 nitrogen and oxygen atoms in total. The first-order chi connectivity index (χ1) is 10.5. The number of nitro benzene ring substituents is 1. The highest BCUT2D eigenvalue weighted by atomic mass is 35.5.